The predicted octanol–water partition coefficient (Wildman–Crippen LogP) is 3.03. The second-order valence-corrected chi connectivity index (χ2v) is 9.40. The van der Waals surface area contributed by atoms with E-state index in [-0.39, 0.29) is 5.75 Å². The Kier molecular flexibility index (Phi) is 5.26. The van der Waals surface area contributed by atoms with Crippen LogP contribution >= 0.6 is 0 Å². The first-order valence-electron chi connectivity index (χ1n) is 9.80. The van der Waals surface area contributed by atoms with Gasteiger partial charge in [0.1, 0.15) is 0 Å². The Morgan fingerprint density at radius 3 is 2.75 bits per heavy atom. The summed E-state index contributed by atoms with van der Waals surface area (Å²) in [6.07, 6.45) is 5.30. The first-order chi connectivity index (χ1) is 13.5. The predicted molar refractivity (Wildman–Crippen MR) is 114 cm³/mol. The Labute approximate surface area is 166 Å². The third-order valence-corrected chi connectivity index (χ3v) is 7.26. The number of nitrogens with one attached hydrogen (secondary N) is 1. The molecule has 2 aromatic rings. The van der Waals surface area contributed by atoms with Crippen LogP contribution < -0.4 is 15.4 Å². The van der Waals surface area contributed by atoms with Crippen LogP contribution in [0, 0.1) is 0 Å². The molecule has 0 unspecified atom stereocenters. The first-order valence-corrected chi connectivity index (χ1v) is 11.4. The van der Waals surface area contributed by atoms with Crippen molar-refractivity contribution in [1.82, 2.24) is 0 Å². The van der Waals surface area contributed by atoms with Gasteiger partial charge in [-0.3, -0.25) is 4.31 Å². The maximum atomic E-state index is 12.1. The molecule has 1 heterocycles. The summed E-state index contributed by atoms with van der Waals surface area (Å²) in [7, 11) is -3.18. The number of nitrogens with zero attached hydrogens (tertiary/aromatic N) is 2. The Hall–Kier alpha value is -2.54. The van der Waals surface area contributed by atoms with Gasteiger partial charge < -0.3 is 11.1 Å². The molecule has 1 aliphatic heterocycles. The van der Waals surface area contributed by atoms with Gasteiger partial charge in [0, 0.05) is 12.2 Å². The molecular formula is C21H26N4O2S. The van der Waals surface area contributed by atoms with Crippen LogP contribution in [0.4, 0.5) is 11.4 Å². The highest BCUT2D eigenvalue weighted by Crippen LogP contribution is 2.28. The average Bonchev–Trinajstić information content (AvgIpc) is 3.06. The molecular weight excluding hydrogens is 372 g/mol. The minimum atomic E-state index is -3.18. The Morgan fingerprint density at radius 1 is 1.11 bits per heavy atom. The zero-order valence-corrected chi connectivity index (χ0v) is 16.7. The smallest absolute Gasteiger partial charge is 0.235 e. The number of fused-ring (bicyclic) bond motifs is 1. The van der Waals surface area contributed by atoms with Crippen LogP contribution in [0.3, 0.4) is 0 Å². The molecule has 6 nitrogen and oxygen atoms in total. The summed E-state index contributed by atoms with van der Waals surface area (Å²) in [6.45, 7) is 0.938. The SMILES string of the molecule is NC(=NCc1cccc(N2CCCS2(=O)=O)c1)Nc1cccc2c1CCCC2. The van der Waals surface area contributed by atoms with Crippen molar-refractivity contribution in [3.05, 3.63) is 59.2 Å². The molecule has 1 aliphatic carbocycles. The van der Waals surface area contributed by atoms with E-state index >= 15 is 0 Å². The second kappa shape index (κ2) is 7.83. The molecule has 0 spiro atoms. The van der Waals surface area contributed by atoms with Gasteiger partial charge in [0.15, 0.2) is 5.96 Å². The molecule has 0 saturated carbocycles. The van der Waals surface area contributed by atoms with Gasteiger partial charge in [-0.1, -0.05) is 24.3 Å². The zero-order valence-electron chi connectivity index (χ0n) is 15.9. The Balaban J connectivity index is 1.47. The fourth-order valence-corrected chi connectivity index (χ4v) is 5.55. The van der Waals surface area contributed by atoms with E-state index < -0.39 is 10.0 Å². The van der Waals surface area contributed by atoms with Crippen LogP contribution in [0.5, 0.6) is 0 Å². The second-order valence-electron chi connectivity index (χ2n) is 7.39. The summed E-state index contributed by atoms with van der Waals surface area (Å²) >= 11 is 0. The van der Waals surface area contributed by atoms with Gasteiger partial charge in [-0.05, 0) is 67.0 Å². The van der Waals surface area contributed by atoms with E-state index in [1.807, 2.05) is 30.3 Å². The summed E-state index contributed by atoms with van der Waals surface area (Å²) in [5.74, 6) is 0.589. The van der Waals surface area contributed by atoms with Gasteiger partial charge in [0.25, 0.3) is 0 Å². The van der Waals surface area contributed by atoms with Crippen LogP contribution in [-0.2, 0) is 29.4 Å². The highest BCUT2D eigenvalue weighted by atomic mass is 32.2. The molecule has 3 N–H and O–H groups in total. The van der Waals surface area contributed by atoms with E-state index in [9.17, 15) is 8.42 Å². The van der Waals surface area contributed by atoms with E-state index in [1.54, 1.807) is 0 Å². The van der Waals surface area contributed by atoms with Gasteiger partial charge in [-0.25, -0.2) is 13.4 Å². The van der Waals surface area contributed by atoms with E-state index in [0.717, 1.165) is 24.1 Å². The molecule has 0 bridgehead atoms. The van der Waals surface area contributed by atoms with Crippen molar-refractivity contribution < 1.29 is 8.42 Å². The van der Waals surface area contributed by atoms with E-state index in [4.69, 9.17) is 5.73 Å². The van der Waals surface area contributed by atoms with Crippen molar-refractivity contribution in [2.45, 2.75) is 38.6 Å². The minimum absolute atomic E-state index is 0.216. The summed E-state index contributed by atoms with van der Waals surface area (Å²) in [5, 5.41) is 3.24. The summed E-state index contributed by atoms with van der Waals surface area (Å²) in [4.78, 5) is 4.46. The summed E-state index contributed by atoms with van der Waals surface area (Å²) in [6, 6.07) is 13.8. The average molecular weight is 399 g/mol. The Morgan fingerprint density at radius 2 is 1.93 bits per heavy atom. The number of aryl methyl sites for hydroxylation is 1. The number of nitrogens with two attached hydrogens (primary N) is 1. The molecule has 1 saturated heterocycles. The van der Waals surface area contributed by atoms with Crippen molar-refractivity contribution in [3.63, 3.8) is 0 Å². The molecule has 7 heteroatoms. The van der Waals surface area contributed by atoms with E-state index in [2.05, 4.69) is 22.4 Å². The molecule has 0 amide bonds. The maximum Gasteiger partial charge on any atom is 0.235 e. The van der Waals surface area contributed by atoms with Crippen LogP contribution in [0.1, 0.15) is 36.0 Å². The van der Waals surface area contributed by atoms with Crippen molar-refractivity contribution in [2.75, 3.05) is 21.9 Å². The molecule has 0 aromatic heterocycles. The topological polar surface area (TPSA) is 87.8 Å². The standard InChI is InChI=1S/C21H26N4O2S/c22-21(24-20-11-4-8-17-7-1-2-10-19(17)20)23-15-16-6-3-9-18(14-16)25-12-5-13-28(25,26)27/h3-4,6,8-9,11,14H,1-2,5,7,10,12-13,15H2,(H3,22,23,24). The lowest BCUT2D eigenvalue weighted by Crippen LogP contribution is -2.25. The van der Waals surface area contributed by atoms with Crippen LogP contribution in [-0.4, -0.2) is 26.7 Å². The largest absolute Gasteiger partial charge is 0.370 e. The molecule has 4 rings (SSSR count). The number of rotatable bonds is 4. The molecule has 2 aromatic carbocycles. The molecule has 2 aliphatic rings. The molecule has 1 fully saturated rings. The minimum Gasteiger partial charge on any atom is -0.370 e. The normalized spacial score (nSPS) is 18.7. The lowest BCUT2D eigenvalue weighted by Gasteiger charge is -2.20. The van der Waals surface area contributed by atoms with Gasteiger partial charge in [0.2, 0.25) is 10.0 Å². The van der Waals surface area contributed by atoms with Crippen molar-refractivity contribution in [1.29, 1.82) is 0 Å². The Bertz CT molecular complexity index is 1000. The highest BCUT2D eigenvalue weighted by Gasteiger charge is 2.28. The van der Waals surface area contributed by atoms with E-state index in [1.165, 1.54) is 28.3 Å². The number of hydrogen-bond donors (Lipinski definition) is 2. The molecule has 148 valence electrons. The summed E-state index contributed by atoms with van der Waals surface area (Å²) < 4.78 is 25.7. The molecule has 0 radical (unpaired) electrons. The van der Waals surface area contributed by atoms with E-state index in [0.29, 0.717) is 31.2 Å². The molecule has 28 heavy (non-hydrogen) atoms. The van der Waals surface area contributed by atoms with Crippen molar-refractivity contribution in [2.24, 2.45) is 10.7 Å². The number of sulfonamides is 1. The molecule has 0 atom stereocenters. The fourth-order valence-electron chi connectivity index (χ4n) is 3.99. The number of hydrogen-bond acceptors (Lipinski definition) is 3. The number of aliphatic imine (C=N–C) groups is 1. The third-order valence-electron chi connectivity index (χ3n) is 5.39. The number of anilines is 2. The van der Waals surface area contributed by atoms with Crippen LogP contribution in [0.15, 0.2) is 47.5 Å². The number of guanidine groups is 1. The van der Waals surface area contributed by atoms with Crippen molar-refractivity contribution >= 4 is 27.4 Å². The van der Waals surface area contributed by atoms with Gasteiger partial charge in [-0.2, -0.15) is 0 Å². The van der Waals surface area contributed by atoms with Gasteiger partial charge >= 0.3 is 0 Å². The first kappa shape index (κ1) is 18.8. The third kappa shape index (κ3) is 3.99. The van der Waals surface area contributed by atoms with Gasteiger partial charge in [-0.15, -0.1) is 0 Å². The lowest BCUT2D eigenvalue weighted by atomic mass is 9.90. The maximum absolute atomic E-state index is 12.1. The van der Waals surface area contributed by atoms with Gasteiger partial charge in [0.05, 0.1) is 18.0 Å². The van der Waals surface area contributed by atoms with Crippen LogP contribution in [0.2, 0.25) is 0 Å². The quantitative estimate of drug-likeness (QED) is 0.612. The zero-order chi connectivity index (χ0) is 19.6. The lowest BCUT2D eigenvalue weighted by molar-refractivity contribution is 0.599. The summed E-state index contributed by atoms with van der Waals surface area (Å²) in [5.41, 5.74) is 11.5. The van der Waals surface area contributed by atoms with Crippen molar-refractivity contribution in [3.8, 4) is 0 Å². The monoisotopic (exact) mass is 398 g/mol. The fraction of sp³-hybridized carbons (Fsp3) is 0.381. The van der Waals surface area contributed by atoms with Crippen LogP contribution in [0.25, 0.3) is 0 Å². The highest BCUT2D eigenvalue weighted by molar-refractivity contribution is 7.93. The number of benzene rings is 2.